The molecular weight excluding hydrogens is 534 g/mol. The standard InChI is InChI=1S/C32H29N5O5/c1-40-31-24-19-36(18-17-27(24)42-35-31)20-25-28(30(38)34-37(32(39)41-2)22-13-7-4-8-14-22)23-15-9-10-16-26(23)33-29(25)21-11-5-3-6-12-21/h3-16H,17-20H2,1-2H3,(H,34,38). The van der Waals surface area contributed by atoms with Crippen molar-refractivity contribution in [1.82, 2.24) is 20.5 Å². The van der Waals surface area contributed by atoms with E-state index in [2.05, 4.69) is 15.5 Å². The highest BCUT2D eigenvalue weighted by atomic mass is 16.5. The number of pyridine rings is 1. The maximum absolute atomic E-state index is 14.3. The number of carbonyl (C=O) groups excluding carboxylic acids is 2. The third kappa shape index (κ3) is 5.15. The minimum absolute atomic E-state index is 0.405. The van der Waals surface area contributed by atoms with Gasteiger partial charge in [0, 0.05) is 42.6 Å². The average Bonchev–Trinajstić information content (AvgIpc) is 3.46. The van der Waals surface area contributed by atoms with Gasteiger partial charge < -0.3 is 14.0 Å². The Morgan fingerprint density at radius 2 is 1.69 bits per heavy atom. The number of hydrazine groups is 1. The number of nitrogens with one attached hydrogen (secondary N) is 1. The number of methoxy groups -OCH3 is 2. The summed E-state index contributed by atoms with van der Waals surface area (Å²) in [5.41, 5.74) is 7.54. The van der Waals surface area contributed by atoms with Crippen molar-refractivity contribution < 1.29 is 23.6 Å². The van der Waals surface area contributed by atoms with E-state index in [-0.39, 0.29) is 0 Å². The van der Waals surface area contributed by atoms with Crippen LogP contribution < -0.4 is 15.2 Å². The van der Waals surface area contributed by atoms with Crippen LogP contribution in [-0.4, -0.2) is 47.8 Å². The van der Waals surface area contributed by atoms with E-state index in [1.165, 1.54) is 7.11 Å². The molecule has 10 heteroatoms. The number of aromatic nitrogens is 2. The molecule has 0 aliphatic carbocycles. The number of fused-ring (bicyclic) bond motifs is 2. The summed E-state index contributed by atoms with van der Waals surface area (Å²) in [6.45, 7) is 1.62. The van der Waals surface area contributed by atoms with Crippen molar-refractivity contribution in [3.05, 3.63) is 107 Å². The number of hydrogen-bond acceptors (Lipinski definition) is 8. The van der Waals surface area contributed by atoms with Crippen LogP contribution in [0.1, 0.15) is 27.2 Å². The molecule has 1 N–H and O–H groups in total. The highest BCUT2D eigenvalue weighted by Gasteiger charge is 2.30. The van der Waals surface area contributed by atoms with E-state index in [9.17, 15) is 9.59 Å². The molecule has 0 atom stereocenters. The normalized spacial score (nSPS) is 12.9. The van der Waals surface area contributed by atoms with Gasteiger partial charge in [0.2, 0.25) is 0 Å². The van der Waals surface area contributed by atoms with Crippen LogP contribution in [0.15, 0.2) is 89.5 Å². The topological polar surface area (TPSA) is 110 Å². The van der Waals surface area contributed by atoms with Crippen LogP contribution in [0.3, 0.4) is 0 Å². The van der Waals surface area contributed by atoms with Crippen LogP contribution in [0, 0.1) is 0 Å². The molecule has 0 saturated carbocycles. The maximum Gasteiger partial charge on any atom is 0.433 e. The van der Waals surface area contributed by atoms with Crippen molar-refractivity contribution in [2.24, 2.45) is 0 Å². The molecule has 212 valence electrons. The Morgan fingerprint density at radius 3 is 2.43 bits per heavy atom. The van der Waals surface area contributed by atoms with E-state index in [0.717, 1.165) is 27.5 Å². The monoisotopic (exact) mass is 563 g/mol. The van der Waals surface area contributed by atoms with Crippen LogP contribution in [0.2, 0.25) is 0 Å². The molecule has 0 radical (unpaired) electrons. The first-order valence-electron chi connectivity index (χ1n) is 13.5. The van der Waals surface area contributed by atoms with Gasteiger partial charge in [-0.1, -0.05) is 66.7 Å². The molecule has 0 unspecified atom stereocenters. The van der Waals surface area contributed by atoms with Crippen molar-refractivity contribution in [3.63, 3.8) is 0 Å². The summed E-state index contributed by atoms with van der Waals surface area (Å²) < 4.78 is 15.9. The van der Waals surface area contributed by atoms with Gasteiger partial charge in [0.05, 0.1) is 42.2 Å². The lowest BCUT2D eigenvalue weighted by molar-refractivity contribution is 0.0940. The number of nitrogens with zero attached hydrogens (tertiary/aromatic N) is 4. The molecule has 3 aromatic carbocycles. The van der Waals surface area contributed by atoms with Gasteiger partial charge in [0.15, 0.2) is 0 Å². The van der Waals surface area contributed by atoms with Gasteiger partial charge in [0.1, 0.15) is 5.76 Å². The minimum Gasteiger partial charge on any atom is -0.479 e. The van der Waals surface area contributed by atoms with Gasteiger partial charge in [-0.25, -0.2) is 9.78 Å². The summed E-state index contributed by atoms with van der Waals surface area (Å²) in [6, 6.07) is 26.1. The number of carbonyl (C=O) groups is 2. The van der Waals surface area contributed by atoms with Crippen molar-refractivity contribution in [3.8, 4) is 17.1 Å². The van der Waals surface area contributed by atoms with Crippen LogP contribution in [0.5, 0.6) is 5.88 Å². The fraction of sp³-hybridized carbons (Fsp3) is 0.188. The molecule has 0 fully saturated rings. The molecule has 0 saturated heterocycles. The number of rotatable bonds is 6. The average molecular weight is 564 g/mol. The Balaban J connectivity index is 1.48. The first-order chi connectivity index (χ1) is 20.6. The second kappa shape index (κ2) is 11.7. The molecule has 1 aliphatic heterocycles. The summed E-state index contributed by atoms with van der Waals surface area (Å²) in [4.78, 5) is 34.4. The Kier molecular flexibility index (Phi) is 7.52. The first kappa shape index (κ1) is 27.0. The number of anilines is 1. The van der Waals surface area contributed by atoms with E-state index in [1.54, 1.807) is 31.4 Å². The Morgan fingerprint density at radius 1 is 0.976 bits per heavy atom. The maximum atomic E-state index is 14.3. The van der Waals surface area contributed by atoms with Gasteiger partial charge in [-0.3, -0.25) is 15.1 Å². The number of hydrogen-bond donors (Lipinski definition) is 1. The lowest BCUT2D eigenvalue weighted by Crippen LogP contribution is -2.47. The molecular formula is C32H29N5O5. The molecule has 6 rings (SSSR count). The second-order valence-corrected chi connectivity index (χ2v) is 9.83. The molecule has 2 amide bonds. The van der Waals surface area contributed by atoms with Gasteiger partial charge in [-0.2, -0.15) is 5.01 Å². The summed E-state index contributed by atoms with van der Waals surface area (Å²) >= 11 is 0. The Labute approximate surface area is 242 Å². The van der Waals surface area contributed by atoms with Crippen molar-refractivity contribution in [2.75, 3.05) is 25.8 Å². The van der Waals surface area contributed by atoms with Gasteiger partial charge in [-0.15, -0.1) is 0 Å². The van der Waals surface area contributed by atoms with Crippen LogP contribution in [-0.2, 0) is 24.2 Å². The van der Waals surface area contributed by atoms with Crippen LogP contribution >= 0.6 is 0 Å². The van der Waals surface area contributed by atoms with E-state index in [1.807, 2.05) is 60.7 Å². The fourth-order valence-corrected chi connectivity index (χ4v) is 5.30. The highest BCUT2D eigenvalue weighted by Crippen LogP contribution is 2.34. The van der Waals surface area contributed by atoms with E-state index < -0.39 is 12.0 Å². The zero-order valence-corrected chi connectivity index (χ0v) is 23.2. The highest BCUT2D eigenvalue weighted by molar-refractivity contribution is 6.10. The molecule has 42 heavy (non-hydrogen) atoms. The third-order valence-electron chi connectivity index (χ3n) is 7.30. The van der Waals surface area contributed by atoms with Crippen molar-refractivity contribution in [1.29, 1.82) is 0 Å². The summed E-state index contributed by atoms with van der Waals surface area (Å²) in [5.74, 6) is 0.803. The Bertz CT molecular complexity index is 1730. The zero-order valence-electron chi connectivity index (χ0n) is 23.2. The molecule has 5 aromatic rings. The van der Waals surface area contributed by atoms with Gasteiger partial charge >= 0.3 is 6.09 Å². The quantitative estimate of drug-likeness (QED) is 0.275. The lowest BCUT2D eigenvalue weighted by Gasteiger charge is -2.28. The molecule has 0 spiro atoms. The predicted octanol–water partition coefficient (Wildman–Crippen LogP) is 5.37. The predicted molar refractivity (Wildman–Crippen MR) is 157 cm³/mol. The number of benzene rings is 3. The van der Waals surface area contributed by atoms with Gasteiger partial charge in [0.25, 0.3) is 11.8 Å². The first-order valence-corrected chi connectivity index (χ1v) is 13.5. The molecule has 2 aromatic heterocycles. The summed E-state index contributed by atoms with van der Waals surface area (Å²) in [7, 11) is 2.84. The SMILES string of the molecule is COC(=O)N(NC(=O)c1c(CN2CCc3onc(OC)c3C2)c(-c2ccccc2)nc2ccccc12)c1ccccc1. The number of ether oxygens (including phenoxy) is 2. The fourth-order valence-electron chi connectivity index (χ4n) is 5.30. The number of amides is 2. The zero-order chi connectivity index (χ0) is 29.1. The Hall–Kier alpha value is -5.22. The molecule has 0 bridgehead atoms. The molecule has 3 heterocycles. The van der Waals surface area contributed by atoms with E-state index >= 15 is 0 Å². The van der Waals surface area contributed by atoms with Crippen LogP contribution in [0.4, 0.5) is 10.5 Å². The third-order valence-corrected chi connectivity index (χ3v) is 7.30. The summed E-state index contributed by atoms with van der Waals surface area (Å²) in [5, 5.41) is 5.83. The molecule has 1 aliphatic rings. The molecule has 10 nitrogen and oxygen atoms in total. The van der Waals surface area contributed by atoms with E-state index in [4.69, 9.17) is 19.0 Å². The van der Waals surface area contributed by atoms with Crippen molar-refractivity contribution in [2.45, 2.75) is 19.5 Å². The smallest absolute Gasteiger partial charge is 0.433 e. The largest absolute Gasteiger partial charge is 0.479 e. The van der Waals surface area contributed by atoms with E-state index in [0.29, 0.717) is 59.8 Å². The van der Waals surface area contributed by atoms with Gasteiger partial charge in [-0.05, 0) is 23.4 Å². The number of para-hydroxylation sites is 2. The lowest BCUT2D eigenvalue weighted by atomic mass is 9.95. The van der Waals surface area contributed by atoms with Crippen LogP contribution in [0.25, 0.3) is 22.2 Å². The van der Waals surface area contributed by atoms with Crippen molar-refractivity contribution >= 4 is 28.6 Å². The minimum atomic E-state index is -0.721. The second-order valence-electron chi connectivity index (χ2n) is 9.83. The summed E-state index contributed by atoms with van der Waals surface area (Å²) in [6.07, 6.45) is -0.0696.